The average molecular weight is 251 g/mol. The fourth-order valence-electron chi connectivity index (χ4n) is 2.63. The van der Waals surface area contributed by atoms with E-state index in [1.807, 2.05) is 0 Å². The Morgan fingerprint density at radius 2 is 2.11 bits per heavy atom. The second-order valence-corrected chi connectivity index (χ2v) is 5.00. The molecule has 2 rings (SSSR count). The number of carbonyl (C=O) groups is 1. The molecule has 0 spiro atoms. The van der Waals surface area contributed by atoms with Gasteiger partial charge in [-0.15, -0.1) is 0 Å². The summed E-state index contributed by atoms with van der Waals surface area (Å²) in [6.45, 7) is 1.78. The lowest BCUT2D eigenvalue weighted by Gasteiger charge is -2.30. The molecule has 0 radical (unpaired) electrons. The first kappa shape index (κ1) is 12.9. The van der Waals surface area contributed by atoms with Crippen LogP contribution in [-0.2, 0) is 7.05 Å². The quantitative estimate of drug-likeness (QED) is 0.728. The van der Waals surface area contributed by atoms with Crippen LogP contribution in [0, 0.1) is 6.92 Å². The summed E-state index contributed by atoms with van der Waals surface area (Å²) in [6.07, 6.45) is 4.37. The zero-order chi connectivity index (χ0) is 13.3. The molecule has 1 amide bonds. The van der Waals surface area contributed by atoms with Crippen LogP contribution in [0.1, 0.15) is 41.7 Å². The molecule has 5 N–H and O–H groups in total. The minimum atomic E-state index is -0.451. The van der Waals surface area contributed by atoms with Gasteiger partial charge in [-0.1, -0.05) is 12.8 Å². The van der Waals surface area contributed by atoms with Gasteiger partial charge in [0.15, 0.2) is 0 Å². The third-order valence-corrected chi connectivity index (χ3v) is 3.61. The summed E-state index contributed by atoms with van der Waals surface area (Å²) < 4.78 is 1.66. The number of primary amides is 1. The predicted octanol–water partition coefficient (Wildman–Crippen LogP) is 0.509. The Morgan fingerprint density at radius 3 is 2.72 bits per heavy atom. The van der Waals surface area contributed by atoms with Crippen molar-refractivity contribution in [1.29, 1.82) is 0 Å². The maximum Gasteiger partial charge on any atom is 0.254 e. The minimum absolute atomic E-state index is 0.120. The van der Waals surface area contributed by atoms with Crippen LogP contribution < -0.4 is 16.8 Å². The summed E-state index contributed by atoms with van der Waals surface area (Å²) in [6, 6.07) is 0.307. The molecule has 18 heavy (non-hydrogen) atoms. The molecule has 2 atom stereocenters. The normalized spacial score (nSPS) is 23.9. The third-order valence-electron chi connectivity index (χ3n) is 3.61. The molecule has 0 aliphatic heterocycles. The second-order valence-electron chi connectivity index (χ2n) is 5.00. The van der Waals surface area contributed by atoms with E-state index < -0.39 is 5.91 Å². The van der Waals surface area contributed by atoms with Gasteiger partial charge in [0.2, 0.25) is 0 Å². The molecule has 1 aromatic heterocycles. The first-order valence-electron chi connectivity index (χ1n) is 6.36. The van der Waals surface area contributed by atoms with E-state index in [4.69, 9.17) is 11.5 Å². The molecule has 1 saturated carbocycles. The van der Waals surface area contributed by atoms with Crippen molar-refractivity contribution < 1.29 is 4.79 Å². The third kappa shape index (κ3) is 2.33. The topological polar surface area (TPSA) is 99.0 Å². The van der Waals surface area contributed by atoms with Crippen LogP contribution in [0.4, 0.5) is 5.82 Å². The molecule has 6 heteroatoms. The van der Waals surface area contributed by atoms with Crippen LogP contribution in [0.25, 0.3) is 0 Å². The molecule has 1 aromatic rings. The zero-order valence-electron chi connectivity index (χ0n) is 10.9. The molecule has 0 saturated heterocycles. The summed E-state index contributed by atoms with van der Waals surface area (Å²) in [5, 5.41) is 7.58. The number of anilines is 1. The minimum Gasteiger partial charge on any atom is -0.365 e. The van der Waals surface area contributed by atoms with E-state index in [9.17, 15) is 4.79 Å². The SMILES string of the molecule is Cc1nn(C)c(N[C@@H]2CCCC[C@H]2N)c1C(N)=O. The van der Waals surface area contributed by atoms with E-state index in [2.05, 4.69) is 10.4 Å². The van der Waals surface area contributed by atoms with Gasteiger partial charge in [0, 0.05) is 19.1 Å². The van der Waals surface area contributed by atoms with E-state index in [0.717, 1.165) is 19.3 Å². The molecule has 100 valence electrons. The standard InChI is InChI=1S/C12H21N5O/c1-7-10(11(14)18)12(17(2)16-7)15-9-6-4-3-5-8(9)13/h8-9,15H,3-6,13H2,1-2H3,(H2,14,18)/t8-,9-/m1/s1. The fourth-order valence-corrected chi connectivity index (χ4v) is 2.63. The van der Waals surface area contributed by atoms with Gasteiger partial charge in [0.25, 0.3) is 5.91 Å². The van der Waals surface area contributed by atoms with E-state index in [-0.39, 0.29) is 12.1 Å². The van der Waals surface area contributed by atoms with E-state index >= 15 is 0 Å². The number of aryl methyl sites for hydroxylation is 2. The summed E-state index contributed by atoms with van der Waals surface area (Å²) in [5.74, 6) is 0.231. The van der Waals surface area contributed by atoms with Crippen molar-refractivity contribution in [2.24, 2.45) is 18.5 Å². The van der Waals surface area contributed by atoms with Crippen molar-refractivity contribution in [3.05, 3.63) is 11.3 Å². The molecule has 1 aliphatic rings. The van der Waals surface area contributed by atoms with Crippen LogP contribution in [0.2, 0.25) is 0 Å². The number of rotatable bonds is 3. The van der Waals surface area contributed by atoms with Crippen LogP contribution >= 0.6 is 0 Å². The highest BCUT2D eigenvalue weighted by atomic mass is 16.1. The lowest BCUT2D eigenvalue weighted by Crippen LogP contribution is -2.43. The van der Waals surface area contributed by atoms with Gasteiger partial charge < -0.3 is 16.8 Å². The Balaban J connectivity index is 2.25. The Kier molecular flexibility index (Phi) is 3.56. The maximum absolute atomic E-state index is 11.5. The van der Waals surface area contributed by atoms with Gasteiger partial charge in [-0.25, -0.2) is 0 Å². The van der Waals surface area contributed by atoms with Gasteiger partial charge in [-0.3, -0.25) is 9.48 Å². The Morgan fingerprint density at radius 1 is 1.44 bits per heavy atom. The van der Waals surface area contributed by atoms with Crippen LogP contribution in [0.3, 0.4) is 0 Å². The van der Waals surface area contributed by atoms with Crippen molar-refractivity contribution >= 4 is 11.7 Å². The molecule has 1 fully saturated rings. The lowest BCUT2D eigenvalue weighted by atomic mass is 9.91. The Labute approximate surface area is 107 Å². The van der Waals surface area contributed by atoms with E-state index in [1.165, 1.54) is 6.42 Å². The van der Waals surface area contributed by atoms with E-state index in [1.54, 1.807) is 18.7 Å². The summed E-state index contributed by atoms with van der Waals surface area (Å²) in [7, 11) is 1.80. The largest absolute Gasteiger partial charge is 0.365 e. The number of nitrogens with zero attached hydrogens (tertiary/aromatic N) is 2. The van der Waals surface area contributed by atoms with Gasteiger partial charge in [0.1, 0.15) is 11.4 Å². The van der Waals surface area contributed by atoms with Crippen molar-refractivity contribution in [3.8, 4) is 0 Å². The first-order chi connectivity index (χ1) is 8.50. The van der Waals surface area contributed by atoms with Crippen LogP contribution in [0.5, 0.6) is 0 Å². The van der Waals surface area contributed by atoms with E-state index in [0.29, 0.717) is 17.1 Å². The fraction of sp³-hybridized carbons (Fsp3) is 0.667. The highest BCUT2D eigenvalue weighted by molar-refractivity contribution is 5.98. The molecular formula is C12H21N5O. The number of hydrogen-bond donors (Lipinski definition) is 3. The molecular weight excluding hydrogens is 230 g/mol. The maximum atomic E-state index is 11.5. The van der Waals surface area contributed by atoms with Crippen molar-refractivity contribution in [2.45, 2.75) is 44.7 Å². The lowest BCUT2D eigenvalue weighted by molar-refractivity contribution is 0.100. The first-order valence-corrected chi connectivity index (χ1v) is 6.36. The predicted molar refractivity (Wildman–Crippen MR) is 70.3 cm³/mol. The molecule has 0 aromatic carbocycles. The van der Waals surface area contributed by atoms with Gasteiger partial charge in [-0.05, 0) is 19.8 Å². The number of nitrogens with one attached hydrogen (secondary N) is 1. The highest BCUT2D eigenvalue weighted by Gasteiger charge is 2.25. The smallest absolute Gasteiger partial charge is 0.254 e. The Bertz CT molecular complexity index is 454. The number of aromatic nitrogens is 2. The number of hydrogen-bond acceptors (Lipinski definition) is 4. The molecule has 0 bridgehead atoms. The molecule has 1 aliphatic carbocycles. The van der Waals surface area contributed by atoms with Crippen molar-refractivity contribution in [3.63, 3.8) is 0 Å². The van der Waals surface area contributed by atoms with Crippen molar-refractivity contribution in [1.82, 2.24) is 9.78 Å². The number of carbonyl (C=O) groups excluding carboxylic acids is 1. The molecule has 1 heterocycles. The number of amides is 1. The summed E-state index contributed by atoms with van der Waals surface area (Å²) in [4.78, 5) is 11.5. The zero-order valence-corrected chi connectivity index (χ0v) is 10.9. The Hall–Kier alpha value is -1.56. The van der Waals surface area contributed by atoms with Crippen molar-refractivity contribution in [2.75, 3.05) is 5.32 Å². The summed E-state index contributed by atoms with van der Waals surface area (Å²) >= 11 is 0. The van der Waals surface area contributed by atoms with Gasteiger partial charge in [0.05, 0.1) is 5.69 Å². The monoisotopic (exact) mass is 251 g/mol. The second kappa shape index (κ2) is 4.97. The van der Waals surface area contributed by atoms with Gasteiger partial charge >= 0.3 is 0 Å². The average Bonchev–Trinajstić information content (AvgIpc) is 2.57. The van der Waals surface area contributed by atoms with Gasteiger partial charge in [-0.2, -0.15) is 5.10 Å². The molecule has 6 nitrogen and oxygen atoms in total. The van der Waals surface area contributed by atoms with Crippen LogP contribution in [0.15, 0.2) is 0 Å². The molecule has 0 unspecified atom stereocenters. The summed E-state index contributed by atoms with van der Waals surface area (Å²) in [5.41, 5.74) is 12.6. The highest BCUT2D eigenvalue weighted by Crippen LogP contribution is 2.24. The van der Waals surface area contributed by atoms with Crippen LogP contribution in [-0.4, -0.2) is 27.8 Å². The number of nitrogens with two attached hydrogens (primary N) is 2.